The zero-order valence-corrected chi connectivity index (χ0v) is 36.9. The Bertz CT molecular complexity index is 2060. The average Bonchev–Trinajstić information content (AvgIpc) is 3.90. The van der Waals surface area contributed by atoms with Crippen molar-refractivity contribution < 1.29 is 50.9 Å². The molecule has 2 saturated heterocycles. The van der Waals surface area contributed by atoms with Crippen molar-refractivity contribution in [1.82, 2.24) is 9.62 Å². The summed E-state index contributed by atoms with van der Waals surface area (Å²) < 4.78 is 78.7. The number of fused-ring (bicyclic) bond motifs is 1. The third kappa shape index (κ3) is 13.7. The minimum Gasteiger partial charge on any atom is -0.497 e. The maximum Gasteiger partial charge on any atom is 0.407 e. The predicted molar refractivity (Wildman–Crippen MR) is 231 cm³/mol. The van der Waals surface area contributed by atoms with Gasteiger partial charge in [-0.1, -0.05) is 111 Å². The second-order valence-corrected chi connectivity index (χ2v) is 20.5. The van der Waals surface area contributed by atoms with E-state index in [1.807, 2.05) is 105 Å². The van der Waals surface area contributed by atoms with Gasteiger partial charge in [0.1, 0.15) is 11.9 Å². The molecule has 0 aromatic heterocycles. The van der Waals surface area contributed by atoms with Crippen molar-refractivity contribution >= 4 is 23.7 Å². The first-order chi connectivity index (χ1) is 29.3. The third-order valence-corrected chi connectivity index (χ3v) is 14.8. The topological polar surface area (TPSA) is 159 Å². The lowest BCUT2D eigenvalue weighted by Crippen LogP contribution is -2.52. The van der Waals surface area contributed by atoms with Crippen molar-refractivity contribution in [3.8, 4) is 5.75 Å². The molecule has 2 aliphatic heterocycles. The largest absolute Gasteiger partial charge is 0.497 e. The Morgan fingerprint density at radius 1 is 0.869 bits per heavy atom. The molecule has 5 unspecified atom stereocenters. The Hall–Kier alpha value is -4.11. The van der Waals surface area contributed by atoms with Gasteiger partial charge in [-0.15, -0.1) is 0 Å². The second kappa shape index (κ2) is 21.8. The summed E-state index contributed by atoms with van der Waals surface area (Å²) in [5.41, 5.74) is 1.99. The van der Waals surface area contributed by atoms with Gasteiger partial charge in [0, 0.05) is 13.1 Å². The Morgan fingerprint density at radius 2 is 1.46 bits per heavy atom. The molecular weight excluding hydrogens is 820 g/mol. The molecule has 4 aromatic rings. The summed E-state index contributed by atoms with van der Waals surface area (Å²) >= 11 is 0. The second-order valence-electron chi connectivity index (χ2n) is 16.4. The lowest BCUT2D eigenvalue weighted by atomic mass is 9.87. The first-order valence-electron chi connectivity index (χ1n) is 20.8. The first kappa shape index (κ1) is 46.4. The van der Waals surface area contributed by atoms with E-state index in [0.717, 1.165) is 16.7 Å². The molecule has 61 heavy (non-hydrogen) atoms. The molecule has 0 spiro atoms. The summed E-state index contributed by atoms with van der Waals surface area (Å²) in [6.07, 6.45) is -0.227. The van der Waals surface area contributed by atoms with Crippen LogP contribution in [0.25, 0.3) is 0 Å². The van der Waals surface area contributed by atoms with Crippen LogP contribution in [0.4, 0.5) is 4.79 Å². The number of nitrogens with one attached hydrogen (secondary N) is 1. The molecule has 15 heteroatoms. The Morgan fingerprint density at radius 3 is 2.05 bits per heavy atom. The summed E-state index contributed by atoms with van der Waals surface area (Å²) in [6.45, 7) is 4.66. The van der Waals surface area contributed by atoms with Gasteiger partial charge < -0.3 is 38.4 Å². The molecule has 0 radical (unpaired) electrons. The molecule has 1 amide bonds. The molecule has 2 aliphatic rings. The molecular formula is C46H59N2O11PS. The summed E-state index contributed by atoms with van der Waals surface area (Å²) in [5, 5.41) is 14.8. The number of ether oxygens (including phenoxy) is 4. The molecule has 6 rings (SSSR count). The van der Waals surface area contributed by atoms with Crippen molar-refractivity contribution in [3.63, 3.8) is 0 Å². The van der Waals surface area contributed by atoms with Crippen LogP contribution in [0.1, 0.15) is 56.2 Å². The van der Waals surface area contributed by atoms with E-state index < -0.39 is 53.7 Å². The summed E-state index contributed by atoms with van der Waals surface area (Å²) in [7, 11) is -6.20. The van der Waals surface area contributed by atoms with Gasteiger partial charge in [-0.25, -0.2) is 13.2 Å². The smallest absolute Gasteiger partial charge is 0.407 e. The van der Waals surface area contributed by atoms with Gasteiger partial charge in [0.05, 0.1) is 62.7 Å². The van der Waals surface area contributed by atoms with E-state index in [4.69, 9.17) is 28.0 Å². The Labute approximate surface area is 360 Å². The number of amides is 1. The molecule has 330 valence electrons. The number of nitrogens with zero attached hydrogens (tertiary/aromatic N) is 1. The van der Waals surface area contributed by atoms with Crippen LogP contribution < -0.4 is 10.1 Å². The normalized spacial score (nSPS) is 19.0. The quantitative estimate of drug-likeness (QED) is 0.0550. The fourth-order valence-corrected chi connectivity index (χ4v) is 10.9. The van der Waals surface area contributed by atoms with Crippen LogP contribution in [-0.4, -0.2) is 88.0 Å². The number of aliphatic hydroxyl groups excluding tert-OH is 1. The van der Waals surface area contributed by atoms with Crippen molar-refractivity contribution in [2.75, 3.05) is 39.6 Å². The van der Waals surface area contributed by atoms with Gasteiger partial charge >= 0.3 is 13.7 Å². The number of hydrogen-bond acceptors (Lipinski definition) is 11. The standard InChI is InChI=1S/C46H59N2O11PS/c1-46(2,26-13-14-28-60(51,57-31-36-17-9-5-10-18-36)58-32-37-19-11-6-12-20-37)34-48(61(52,53)39-23-21-38(54-3)22-24-39)30-42(49)41(29-35-15-7-4-8-16-35)47-45(50)59-43-33-56-44-40(43)25-27-55-44/h4-12,15-24,40-44,49H,13-14,25-34H2,1-3H3,(H,47,50). The van der Waals surface area contributed by atoms with E-state index in [1.54, 1.807) is 12.1 Å². The monoisotopic (exact) mass is 878 g/mol. The van der Waals surface area contributed by atoms with E-state index in [-0.39, 0.29) is 56.3 Å². The van der Waals surface area contributed by atoms with E-state index >= 15 is 0 Å². The SMILES string of the molecule is COc1ccc(S(=O)(=O)N(CC(O)C(Cc2ccccc2)NC(=O)OC2COC3OCCC23)CC(C)(C)CCCCP(=O)(OCc2ccccc2)OCc2ccccc2)cc1. The van der Waals surface area contributed by atoms with Crippen molar-refractivity contribution in [1.29, 1.82) is 0 Å². The number of rotatable bonds is 23. The number of aliphatic hydroxyl groups is 1. The van der Waals surface area contributed by atoms with Crippen LogP contribution in [-0.2, 0) is 57.5 Å². The Kier molecular flexibility index (Phi) is 16.6. The van der Waals surface area contributed by atoms with Crippen LogP contribution in [0, 0.1) is 11.3 Å². The molecule has 13 nitrogen and oxygen atoms in total. The van der Waals surface area contributed by atoms with Gasteiger partial charge in [0.15, 0.2) is 6.29 Å². The maximum atomic E-state index is 14.5. The predicted octanol–water partition coefficient (Wildman–Crippen LogP) is 7.97. The molecule has 2 fully saturated rings. The van der Waals surface area contributed by atoms with Crippen molar-refractivity contribution in [2.45, 2.75) is 88.6 Å². The van der Waals surface area contributed by atoms with E-state index in [0.29, 0.717) is 38.0 Å². The lowest BCUT2D eigenvalue weighted by Gasteiger charge is -2.35. The van der Waals surface area contributed by atoms with Crippen LogP contribution in [0.3, 0.4) is 0 Å². The molecule has 2 heterocycles. The number of carbonyl (C=O) groups excluding carboxylic acids is 1. The zero-order chi connectivity index (χ0) is 43.3. The minimum atomic E-state index is -4.18. The number of alkyl carbamates (subject to hydrolysis) is 1. The fraction of sp³-hybridized carbons (Fsp3) is 0.457. The first-order valence-corrected chi connectivity index (χ1v) is 24.0. The zero-order valence-electron chi connectivity index (χ0n) is 35.2. The lowest BCUT2D eigenvalue weighted by molar-refractivity contribution is -0.0907. The third-order valence-electron chi connectivity index (χ3n) is 11.1. The van der Waals surface area contributed by atoms with Gasteiger partial charge in [0.2, 0.25) is 10.0 Å². The number of sulfonamides is 1. The average molecular weight is 879 g/mol. The van der Waals surface area contributed by atoms with Crippen LogP contribution in [0.2, 0.25) is 0 Å². The van der Waals surface area contributed by atoms with E-state index in [9.17, 15) is 22.9 Å². The highest BCUT2D eigenvalue weighted by Gasteiger charge is 2.44. The van der Waals surface area contributed by atoms with Gasteiger partial charge in [0.25, 0.3) is 0 Å². The van der Waals surface area contributed by atoms with E-state index in [2.05, 4.69) is 5.32 Å². The number of carbonyl (C=O) groups is 1. The van der Waals surface area contributed by atoms with Crippen LogP contribution >= 0.6 is 7.60 Å². The summed E-state index contributed by atoms with van der Waals surface area (Å²) in [6, 6.07) is 33.6. The fourth-order valence-electron chi connectivity index (χ4n) is 7.63. The van der Waals surface area contributed by atoms with Crippen LogP contribution in [0.15, 0.2) is 120 Å². The number of hydrogen-bond donors (Lipinski definition) is 2. The minimum absolute atomic E-state index is 0.0323. The summed E-state index contributed by atoms with van der Waals surface area (Å²) in [4.78, 5) is 13.4. The molecule has 4 aromatic carbocycles. The highest BCUT2D eigenvalue weighted by atomic mass is 32.2. The van der Waals surface area contributed by atoms with Gasteiger partial charge in [-0.2, -0.15) is 4.31 Å². The molecule has 0 aliphatic carbocycles. The number of unbranched alkanes of at least 4 members (excludes halogenated alkanes) is 1. The van der Waals surface area contributed by atoms with E-state index in [1.165, 1.54) is 23.5 Å². The van der Waals surface area contributed by atoms with Gasteiger partial charge in [-0.05, 0) is 72.1 Å². The molecule has 0 saturated carbocycles. The maximum absolute atomic E-state index is 14.5. The van der Waals surface area contributed by atoms with Crippen LogP contribution in [0.5, 0.6) is 5.75 Å². The van der Waals surface area contributed by atoms with Crippen molar-refractivity contribution in [3.05, 3.63) is 132 Å². The van der Waals surface area contributed by atoms with Gasteiger partial charge in [-0.3, -0.25) is 4.57 Å². The Balaban J connectivity index is 1.15. The summed E-state index contributed by atoms with van der Waals surface area (Å²) in [5.74, 6) is 0.420. The molecule has 0 bridgehead atoms. The number of benzene rings is 4. The highest BCUT2D eigenvalue weighted by molar-refractivity contribution is 7.89. The number of methoxy groups -OCH3 is 1. The van der Waals surface area contributed by atoms with Crippen molar-refractivity contribution in [2.24, 2.45) is 11.3 Å². The highest BCUT2D eigenvalue weighted by Crippen LogP contribution is 2.51. The molecule has 2 N–H and O–H groups in total. The molecule has 5 atom stereocenters.